The first-order chi connectivity index (χ1) is 15.7. The van der Waals surface area contributed by atoms with Gasteiger partial charge in [0.25, 0.3) is 5.92 Å². The van der Waals surface area contributed by atoms with Gasteiger partial charge in [-0.3, -0.25) is 10.3 Å². The minimum absolute atomic E-state index is 0.209. The van der Waals surface area contributed by atoms with E-state index >= 15 is 0 Å². The monoisotopic (exact) mass is 473 g/mol. The molecule has 1 aromatic carbocycles. The number of hydrogen-bond donors (Lipinski definition) is 2. The van der Waals surface area contributed by atoms with E-state index in [1.54, 1.807) is 12.1 Å². The fourth-order valence-electron chi connectivity index (χ4n) is 3.46. The van der Waals surface area contributed by atoms with Gasteiger partial charge in [0.1, 0.15) is 5.82 Å². The van der Waals surface area contributed by atoms with Crippen molar-refractivity contribution in [2.75, 3.05) is 19.0 Å². The summed E-state index contributed by atoms with van der Waals surface area (Å²) in [6.07, 6.45) is 6.37. The third kappa shape index (κ3) is 4.67. The zero-order chi connectivity index (χ0) is 23.8. The molecule has 1 aliphatic carbocycles. The van der Waals surface area contributed by atoms with Crippen LogP contribution >= 0.6 is 11.3 Å². The van der Waals surface area contributed by atoms with E-state index in [4.69, 9.17) is 6.42 Å². The maximum Gasteiger partial charge on any atom is 0.324 e. The van der Waals surface area contributed by atoms with Crippen molar-refractivity contribution in [3.8, 4) is 23.5 Å². The molecule has 170 valence electrons. The highest BCUT2D eigenvalue weighted by Crippen LogP contribution is 2.57. The molecule has 1 aliphatic rings. The molecular formula is C22H18F3N5O2S. The van der Waals surface area contributed by atoms with Crippen LogP contribution in [0.5, 0.6) is 0 Å². The number of anilines is 1. The van der Waals surface area contributed by atoms with Gasteiger partial charge in [0.15, 0.2) is 5.01 Å². The van der Waals surface area contributed by atoms with Crippen LogP contribution < -0.4 is 5.32 Å². The predicted molar refractivity (Wildman–Crippen MR) is 116 cm³/mol. The molecule has 2 heterocycles. The lowest BCUT2D eigenvalue weighted by Crippen LogP contribution is -2.36. The van der Waals surface area contributed by atoms with Crippen LogP contribution in [0.4, 0.5) is 23.1 Å². The van der Waals surface area contributed by atoms with E-state index in [9.17, 15) is 23.1 Å². The molecule has 2 N–H and O–H groups in total. The van der Waals surface area contributed by atoms with Gasteiger partial charge < -0.3 is 10.0 Å². The number of benzene rings is 1. The average Bonchev–Trinajstić information content (AvgIpc) is 3.21. The molecule has 2 unspecified atom stereocenters. The van der Waals surface area contributed by atoms with E-state index in [0.717, 1.165) is 17.4 Å². The van der Waals surface area contributed by atoms with Crippen molar-refractivity contribution in [3.63, 3.8) is 0 Å². The van der Waals surface area contributed by atoms with Gasteiger partial charge in [0.2, 0.25) is 5.13 Å². The molecule has 0 saturated heterocycles. The average molecular weight is 473 g/mol. The van der Waals surface area contributed by atoms with Crippen LogP contribution in [0.25, 0.3) is 11.1 Å². The third-order valence-corrected chi connectivity index (χ3v) is 6.15. The Morgan fingerprint density at radius 3 is 2.73 bits per heavy atom. The predicted octanol–water partition coefficient (Wildman–Crippen LogP) is 4.04. The zero-order valence-electron chi connectivity index (χ0n) is 17.3. The maximum atomic E-state index is 13.7. The number of nitrogens with one attached hydrogen (secondary N) is 1. The maximum absolute atomic E-state index is 13.7. The largest absolute Gasteiger partial charge is 0.394 e. The molecule has 0 radical (unpaired) electrons. The number of pyridine rings is 1. The number of aliphatic hydroxyl groups excluding tert-OH is 1. The van der Waals surface area contributed by atoms with Gasteiger partial charge in [-0.25, -0.2) is 18.0 Å². The number of aromatic nitrogens is 3. The molecule has 0 bridgehead atoms. The number of carbonyl (C=O) groups excluding carboxylic acids is 1. The number of rotatable bonds is 6. The number of halogens is 3. The number of urea groups is 1. The molecule has 4 rings (SSSR count). The van der Waals surface area contributed by atoms with Crippen LogP contribution in [0.1, 0.15) is 34.6 Å². The number of hydrogen-bond acceptors (Lipinski definition) is 6. The molecule has 33 heavy (non-hydrogen) atoms. The van der Waals surface area contributed by atoms with E-state index in [0.29, 0.717) is 21.8 Å². The normalized spacial score (nSPS) is 17.2. The number of amides is 2. The number of carbonyl (C=O) groups is 1. The molecule has 1 fully saturated rings. The van der Waals surface area contributed by atoms with Crippen LogP contribution in [-0.4, -0.2) is 50.8 Å². The van der Waals surface area contributed by atoms with Gasteiger partial charge in [-0.2, -0.15) is 0 Å². The lowest BCUT2D eigenvalue weighted by atomic mass is 9.97. The van der Waals surface area contributed by atoms with Crippen LogP contribution in [0.2, 0.25) is 0 Å². The van der Waals surface area contributed by atoms with E-state index in [1.165, 1.54) is 30.3 Å². The number of alkyl halides is 2. The van der Waals surface area contributed by atoms with Crippen molar-refractivity contribution in [1.82, 2.24) is 20.1 Å². The summed E-state index contributed by atoms with van der Waals surface area (Å²) >= 11 is 1.03. The summed E-state index contributed by atoms with van der Waals surface area (Å²) < 4.78 is 41.0. The Bertz CT molecular complexity index is 1230. The number of terminal acetylenes is 1. The van der Waals surface area contributed by atoms with Crippen LogP contribution in [0.3, 0.4) is 0 Å². The minimum Gasteiger partial charge on any atom is -0.394 e. The Balaban J connectivity index is 1.53. The van der Waals surface area contributed by atoms with Gasteiger partial charge in [0, 0.05) is 25.2 Å². The van der Waals surface area contributed by atoms with Crippen molar-refractivity contribution in [3.05, 3.63) is 58.6 Å². The molecule has 2 amide bonds. The van der Waals surface area contributed by atoms with Crippen molar-refractivity contribution in [2.45, 2.75) is 24.3 Å². The molecule has 0 aliphatic heterocycles. The van der Waals surface area contributed by atoms with Crippen LogP contribution in [0.15, 0.2) is 36.5 Å². The summed E-state index contributed by atoms with van der Waals surface area (Å²) in [4.78, 5) is 18.1. The Morgan fingerprint density at radius 2 is 2.15 bits per heavy atom. The Hall–Kier alpha value is -3.49. The summed E-state index contributed by atoms with van der Waals surface area (Å²) in [5, 5.41) is 20.4. The molecule has 2 atom stereocenters. The van der Waals surface area contributed by atoms with E-state index in [2.05, 4.69) is 26.4 Å². The lowest BCUT2D eigenvalue weighted by molar-refractivity contribution is 0.112. The second-order valence-electron chi connectivity index (χ2n) is 7.52. The van der Waals surface area contributed by atoms with Crippen molar-refractivity contribution in [2.24, 2.45) is 0 Å². The highest BCUT2D eigenvalue weighted by molar-refractivity contribution is 7.15. The van der Waals surface area contributed by atoms with Gasteiger partial charge in [0.05, 0.1) is 24.3 Å². The van der Waals surface area contributed by atoms with Gasteiger partial charge >= 0.3 is 6.03 Å². The first-order valence-corrected chi connectivity index (χ1v) is 10.6. The summed E-state index contributed by atoms with van der Waals surface area (Å²) in [7, 11) is 1.47. The highest BCUT2D eigenvalue weighted by atomic mass is 32.1. The van der Waals surface area contributed by atoms with Gasteiger partial charge in [-0.15, -0.1) is 16.6 Å². The summed E-state index contributed by atoms with van der Waals surface area (Å²) in [5.41, 5.74) is 1.59. The molecule has 2 aromatic heterocycles. The Labute approximate surface area is 191 Å². The van der Waals surface area contributed by atoms with Crippen molar-refractivity contribution < 1.29 is 23.1 Å². The van der Waals surface area contributed by atoms with Gasteiger partial charge in [-0.1, -0.05) is 23.5 Å². The zero-order valence-corrected chi connectivity index (χ0v) is 18.1. The standard InChI is InChI=1S/C22H18F3N5O2S/c1-3-19-28-29-20(33-19)27-21(32)30(2)18(11-31)17-7-4-12(10-26-17)14-6-5-13(23)8-15(14)16-9-22(16,24)25/h1,4-8,10,16,18,31H,9,11H2,2H3,(H,27,29,32). The SMILES string of the molecule is C#Cc1nnc(NC(=O)N(C)C(CO)c2ccc(-c3ccc(F)cc3C3CC3(F)F)cn2)s1. The van der Waals surface area contributed by atoms with Gasteiger partial charge in [-0.05, 0) is 35.2 Å². The summed E-state index contributed by atoms with van der Waals surface area (Å²) in [6, 6.07) is 5.66. The second kappa shape index (κ2) is 8.80. The molecule has 3 aromatic rings. The Kier molecular flexibility index (Phi) is 6.05. The molecule has 1 saturated carbocycles. The van der Waals surface area contributed by atoms with Crippen molar-refractivity contribution >= 4 is 22.5 Å². The summed E-state index contributed by atoms with van der Waals surface area (Å²) in [6.45, 7) is -0.419. The number of nitrogens with zero attached hydrogens (tertiary/aromatic N) is 4. The fourth-order valence-corrected chi connectivity index (χ4v) is 4.01. The first kappa shape index (κ1) is 22.7. The number of likely N-dealkylation sites (N-methyl/N-ethyl adjacent to an activating group) is 1. The van der Waals surface area contributed by atoms with Crippen LogP contribution in [0, 0.1) is 18.2 Å². The highest BCUT2D eigenvalue weighted by Gasteiger charge is 2.58. The topological polar surface area (TPSA) is 91.2 Å². The third-order valence-electron chi connectivity index (χ3n) is 5.38. The Morgan fingerprint density at radius 1 is 1.39 bits per heavy atom. The molecular weight excluding hydrogens is 455 g/mol. The van der Waals surface area contributed by atoms with E-state index < -0.39 is 36.3 Å². The number of aliphatic hydroxyl groups is 1. The smallest absolute Gasteiger partial charge is 0.324 e. The first-order valence-electron chi connectivity index (χ1n) is 9.82. The molecule has 11 heteroatoms. The van der Waals surface area contributed by atoms with Crippen molar-refractivity contribution in [1.29, 1.82) is 0 Å². The lowest BCUT2D eigenvalue weighted by Gasteiger charge is -2.26. The molecule has 0 spiro atoms. The van der Waals surface area contributed by atoms with E-state index in [-0.39, 0.29) is 17.1 Å². The van der Waals surface area contributed by atoms with E-state index in [1.807, 2.05) is 0 Å². The second-order valence-corrected chi connectivity index (χ2v) is 8.49. The van der Waals surface area contributed by atoms with Crippen LogP contribution in [-0.2, 0) is 0 Å². The minimum atomic E-state index is -2.85. The quantitative estimate of drug-likeness (QED) is 0.528. The summed E-state index contributed by atoms with van der Waals surface area (Å²) in [5.74, 6) is -2.14. The fraction of sp³-hybridized carbons (Fsp3) is 0.273. The molecule has 7 nitrogen and oxygen atoms in total.